The Morgan fingerprint density at radius 1 is 1.00 bits per heavy atom. The fourth-order valence-corrected chi connectivity index (χ4v) is 2.08. The normalized spacial score (nSPS) is 10.6. The lowest BCUT2D eigenvalue weighted by atomic mass is 10.1. The van der Waals surface area contributed by atoms with Gasteiger partial charge >= 0.3 is 5.97 Å². The SMILES string of the molecule is COC(=O)c1ccc(N/C=C\C(=O)c2ccc(Cl)c(Cl)c2)cc1. The fraction of sp³-hybridized carbons (Fsp3) is 0.0588. The van der Waals surface area contributed by atoms with E-state index < -0.39 is 5.97 Å². The summed E-state index contributed by atoms with van der Waals surface area (Å²) in [5.41, 5.74) is 1.63. The summed E-state index contributed by atoms with van der Waals surface area (Å²) >= 11 is 11.7. The van der Waals surface area contributed by atoms with Gasteiger partial charge in [-0.1, -0.05) is 23.2 Å². The number of carbonyl (C=O) groups is 2. The number of ether oxygens (including phenoxy) is 1. The molecule has 0 bridgehead atoms. The smallest absolute Gasteiger partial charge is 0.337 e. The first-order valence-electron chi connectivity index (χ1n) is 6.62. The van der Waals surface area contributed by atoms with Gasteiger partial charge in [-0.15, -0.1) is 0 Å². The number of nitrogens with one attached hydrogen (secondary N) is 1. The minimum atomic E-state index is -0.401. The fourth-order valence-electron chi connectivity index (χ4n) is 1.78. The summed E-state index contributed by atoms with van der Waals surface area (Å²) in [7, 11) is 1.33. The third-order valence-electron chi connectivity index (χ3n) is 2.99. The third kappa shape index (κ3) is 4.58. The molecule has 4 nitrogen and oxygen atoms in total. The number of carbonyl (C=O) groups excluding carboxylic acids is 2. The van der Waals surface area contributed by atoms with E-state index in [9.17, 15) is 9.59 Å². The molecule has 23 heavy (non-hydrogen) atoms. The first kappa shape index (κ1) is 17.1. The summed E-state index contributed by atoms with van der Waals surface area (Å²) in [5, 5.41) is 3.67. The molecule has 0 amide bonds. The molecule has 118 valence electrons. The number of esters is 1. The van der Waals surface area contributed by atoms with E-state index in [4.69, 9.17) is 23.2 Å². The molecule has 1 N–H and O–H groups in total. The number of ketones is 1. The topological polar surface area (TPSA) is 55.4 Å². The maximum Gasteiger partial charge on any atom is 0.337 e. The Balaban J connectivity index is 1.99. The van der Waals surface area contributed by atoms with Crippen LogP contribution < -0.4 is 5.32 Å². The lowest BCUT2D eigenvalue weighted by Crippen LogP contribution is -2.01. The summed E-state index contributed by atoms with van der Waals surface area (Å²) in [6.07, 6.45) is 2.89. The number of rotatable bonds is 5. The predicted octanol–water partition coefficient (Wildman–Crippen LogP) is 4.59. The average molecular weight is 350 g/mol. The van der Waals surface area contributed by atoms with Gasteiger partial charge in [0, 0.05) is 23.5 Å². The molecule has 0 saturated heterocycles. The molecule has 0 aliphatic heterocycles. The zero-order chi connectivity index (χ0) is 16.8. The van der Waals surface area contributed by atoms with Crippen molar-refractivity contribution in [3.8, 4) is 0 Å². The molecule has 0 unspecified atom stereocenters. The van der Waals surface area contributed by atoms with Crippen molar-refractivity contribution in [2.24, 2.45) is 0 Å². The van der Waals surface area contributed by atoms with E-state index in [2.05, 4.69) is 10.1 Å². The van der Waals surface area contributed by atoms with Crippen LogP contribution in [0.5, 0.6) is 0 Å². The van der Waals surface area contributed by atoms with Gasteiger partial charge in [0.1, 0.15) is 0 Å². The molecule has 2 rings (SSSR count). The molecule has 0 atom stereocenters. The van der Waals surface area contributed by atoms with Gasteiger partial charge in [-0.2, -0.15) is 0 Å². The van der Waals surface area contributed by atoms with Crippen molar-refractivity contribution in [3.05, 3.63) is 75.9 Å². The minimum absolute atomic E-state index is 0.206. The summed E-state index contributed by atoms with van der Waals surface area (Å²) in [6, 6.07) is 11.4. The van der Waals surface area contributed by atoms with Crippen molar-refractivity contribution in [1.82, 2.24) is 0 Å². The number of hydrogen-bond donors (Lipinski definition) is 1. The Bertz CT molecular complexity index is 755. The van der Waals surface area contributed by atoms with Crippen molar-refractivity contribution < 1.29 is 14.3 Å². The molecule has 0 spiro atoms. The summed E-state index contributed by atoms with van der Waals surface area (Å²) in [6.45, 7) is 0. The Morgan fingerprint density at radius 3 is 2.26 bits per heavy atom. The lowest BCUT2D eigenvalue weighted by molar-refractivity contribution is 0.0600. The zero-order valence-electron chi connectivity index (χ0n) is 12.2. The van der Waals surface area contributed by atoms with Crippen LogP contribution in [0.1, 0.15) is 20.7 Å². The number of methoxy groups -OCH3 is 1. The number of hydrogen-bond acceptors (Lipinski definition) is 4. The Kier molecular flexibility index (Phi) is 5.79. The largest absolute Gasteiger partial charge is 0.465 e. The summed E-state index contributed by atoms with van der Waals surface area (Å²) in [5.74, 6) is -0.607. The average Bonchev–Trinajstić information content (AvgIpc) is 2.57. The van der Waals surface area contributed by atoms with Crippen molar-refractivity contribution in [2.75, 3.05) is 12.4 Å². The van der Waals surface area contributed by atoms with Gasteiger partial charge in [0.2, 0.25) is 0 Å². The molecule has 0 aliphatic carbocycles. The van der Waals surface area contributed by atoms with Crippen LogP contribution in [0, 0.1) is 0 Å². The van der Waals surface area contributed by atoms with Gasteiger partial charge in [-0.05, 0) is 42.5 Å². The van der Waals surface area contributed by atoms with Gasteiger partial charge in [0.05, 0.1) is 22.7 Å². The molecule has 0 aliphatic rings. The zero-order valence-corrected chi connectivity index (χ0v) is 13.7. The highest BCUT2D eigenvalue weighted by Crippen LogP contribution is 2.22. The van der Waals surface area contributed by atoms with E-state index in [1.165, 1.54) is 25.5 Å². The quantitative estimate of drug-likeness (QED) is 0.487. The van der Waals surface area contributed by atoms with E-state index in [0.717, 1.165) is 5.69 Å². The molecule has 0 saturated carbocycles. The summed E-state index contributed by atoms with van der Waals surface area (Å²) < 4.78 is 4.62. The first-order valence-corrected chi connectivity index (χ1v) is 7.37. The molecule has 0 fully saturated rings. The van der Waals surface area contributed by atoms with Gasteiger partial charge in [0.15, 0.2) is 5.78 Å². The van der Waals surface area contributed by atoms with E-state index in [0.29, 0.717) is 21.2 Å². The molecule has 0 radical (unpaired) electrons. The monoisotopic (exact) mass is 349 g/mol. The van der Waals surface area contributed by atoms with E-state index in [1.807, 2.05) is 0 Å². The second kappa shape index (κ2) is 7.81. The molecule has 2 aromatic carbocycles. The van der Waals surface area contributed by atoms with Crippen molar-refractivity contribution >= 4 is 40.6 Å². The van der Waals surface area contributed by atoms with E-state index in [1.54, 1.807) is 36.4 Å². The number of anilines is 1. The van der Waals surface area contributed by atoms with Crippen LogP contribution in [0.25, 0.3) is 0 Å². The van der Waals surface area contributed by atoms with Crippen LogP contribution in [-0.2, 0) is 4.74 Å². The molecule has 6 heteroatoms. The minimum Gasteiger partial charge on any atom is -0.465 e. The first-order chi connectivity index (χ1) is 11.0. The highest BCUT2D eigenvalue weighted by molar-refractivity contribution is 6.42. The van der Waals surface area contributed by atoms with Crippen LogP contribution in [0.3, 0.4) is 0 Å². The maximum atomic E-state index is 12.0. The number of halogens is 2. The van der Waals surface area contributed by atoms with Crippen LogP contribution in [0.4, 0.5) is 5.69 Å². The molecular weight excluding hydrogens is 337 g/mol. The summed E-state index contributed by atoms with van der Waals surface area (Å²) in [4.78, 5) is 23.3. The van der Waals surface area contributed by atoms with Gasteiger partial charge in [-0.25, -0.2) is 4.79 Å². The number of allylic oxidation sites excluding steroid dienone is 1. The Hall–Kier alpha value is -2.30. The highest BCUT2D eigenvalue weighted by atomic mass is 35.5. The van der Waals surface area contributed by atoms with Crippen LogP contribution in [0.2, 0.25) is 10.0 Å². The van der Waals surface area contributed by atoms with Gasteiger partial charge in [0.25, 0.3) is 0 Å². The molecular formula is C17H13Cl2NO3. The van der Waals surface area contributed by atoms with Crippen LogP contribution >= 0.6 is 23.2 Å². The predicted molar refractivity (Wildman–Crippen MR) is 91.3 cm³/mol. The van der Waals surface area contributed by atoms with Gasteiger partial charge in [-0.3, -0.25) is 4.79 Å². The molecule has 2 aromatic rings. The van der Waals surface area contributed by atoms with Crippen molar-refractivity contribution in [2.45, 2.75) is 0 Å². The molecule has 0 aromatic heterocycles. The lowest BCUT2D eigenvalue weighted by Gasteiger charge is -2.03. The highest BCUT2D eigenvalue weighted by Gasteiger charge is 2.05. The third-order valence-corrected chi connectivity index (χ3v) is 3.73. The Morgan fingerprint density at radius 2 is 1.65 bits per heavy atom. The van der Waals surface area contributed by atoms with Crippen LogP contribution in [0.15, 0.2) is 54.7 Å². The van der Waals surface area contributed by atoms with E-state index >= 15 is 0 Å². The van der Waals surface area contributed by atoms with Crippen LogP contribution in [-0.4, -0.2) is 18.9 Å². The second-order valence-corrected chi connectivity index (χ2v) is 5.35. The number of benzene rings is 2. The van der Waals surface area contributed by atoms with E-state index in [-0.39, 0.29) is 5.78 Å². The standard InChI is InChI=1S/C17H13Cl2NO3/c1-23-17(22)11-2-5-13(6-3-11)20-9-8-16(21)12-4-7-14(18)15(19)10-12/h2-10,20H,1H3/b9-8-. The second-order valence-electron chi connectivity index (χ2n) is 4.54. The Labute approximate surface area is 143 Å². The maximum absolute atomic E-state index is 12.0. The van der Waals surface area contributed by atoms with Gasteiger partial charge < -0.3 is 10.1 Å². The van der Waals surface area contributed by atoms with Crippen molar-refractivity contribution in [1.29, 1.82) is 0 Å². The van der Waals surface area contributed by atoms with Crippen molar-refractivity contribution in [3.63, 3.8) is 0 Å². The molecule has 0 heterocycles.